The van der Waals surface area contributed by atoms with Crippen LogP contribution in [0.5, 0.6) is 0 Å². The van der Waals surface area contributed by atoms with E-state index in [9.17, 15) is 20.2 Å². The summed E-state index contributed by atoms with van der Waals surface area (Å²) < 4.78 is 5.74. The largest absolute Gasteiger partial charge is 0.425 e. The van der Waals surface area contributed by atoms with E-state index in [1.54, 1.807) is 0 Å². The number of hydrogen-bond acceptors (Lipinski definition) is 8. The molecule has 0 aliphatic carbocycles. The van der Waals surface area contributed by atoms with E-state index in [4.69, 9.17) is 10.2 Å². The number of nitrogens with zero attached hydrogens (tertiary/aromatic N) is 3. The Morgan fingerprint density at radius 2 is 2.21 bits per heavy atom. The topological polar surface area (TPSA) is 160 Å². The van der Waals surface area contributed by atoms with Crippen molar-refractivity contribution < 1.29 is 14.1 Å². The number of nitro benzene ring substituents is 1. The van der Waals surface area contributed by atoms with Gasteiger partial charge in [0.1, 0.15) is 17.6 Å². The van der Waals surface area contributed by atoms with Crippen LogP contribution >= 0.6 is 0 Å². The predicted octanol–water partition coefficient (Wildman–Crippen LogP) is 2.28. The fourth-order valence-corrected chi connectivity index (χ4v) is 3.67. The molecule has 1 atom stereocenters. The zero-order chi connectivity index (χ0) is 20.1. The van der Waals surface area contributed by atoms with E-state index in [1.807, 2.05) is 13.0 Å². The van der Waals surface area contributed by atoms with Crippen molar-refractivity contribution in [2.75, 3.05) is 10.6 Å². The molecule has 1 unspecified atom stereocenters. The third-order valence-corrected chi connectivity index (χ3v) is 4.98. The number of anilines is 2. The van der Waals surface area contributed by atoms with Crippen LogP contribution in [0.25, 0.3) is 0 Å². The minimum atomic E-state index is -1.70. The molecule has 28 heavy (non-hydrogen) atoms. The van der Waals surface area contributed by atoms with Crippen LogP contribution in [-0.2, 0) is 16.6 Å². The molecule has 3 heterocycles. The second-order valence-electron chi connectivity index (χ2n) is 6.61. The van der Waals surface area contributed by atoms with Crippen molar-refractivity contribution >= 4 is 23.2 Å². The second-order valence-corrected chi connectivity index (χ2v) is 6.61. The van der Waals surface area contributed by atoms with Gasteiger partial charge in [0.05, 0.1) is 10.5 Å². The summed E-state index contributed by atoms with van der Waals surface area (Å²) in [7, 11) is 0. The fourth-order valence-electron chi connectivity index (χ4n) is 3.67. The number of oxazole rings is 1. The molecule has 0 saturated heterocycles. The molecule has 10 nitrogen and oxygen atoms in total. The normalized spacial score (nSPS) is 19.6. The Bertz CT molecular complexity index is 1100. The summed E-state index contributed by atoms with van der Waals surface area (Å²) in [5, 5.41) is 26.6. The molecule has 2 aliphatic heterocycles. The first-order valence-electron chi connectivity index (χ1n) is 8.71. The number of unbranched alkanes of at least 4 members (excludes halogenated alkanes) is 1. The minimum absolute atomic E-state index is 0.0531. The first-order chi connectivity index (χ1) is 13.4. The van der Waals surface area contributed by atoms with Crippen molar-refractivity contribution in [2.24, 2.45) is 5.73 Å². The highest BCUT2D eigenvalue weighted by molar-refractivity contribution is 6.13. The molecule has 142 valence electrons. The summed E-state index contributed by atoms with van der Waals surface area (Å²) in [6.45, 7) is 2.02. The van der Waals surface area contributed by atoms with Crippen molar-refractivity contribution in [3.63, 3.8) is 0 Å². The molecule has 0 fully saturated rings. The number of nitrogens with two attached hydrogens (primary N) is 1. The van der Waals surface area contributed by atoms with E-state index < -0.39 is 16.2 Å². The Kier molecular flexibility index (Phi) is 3.81. The highest BCUT2D eigenvalue weighted by atomic mass is 16.6. The third kappa shape index (κ3) is 2.19. The predicted molar refractivity (Wildman–Crippen MR) is 98.1 cm³/mol. The number of carbonyl (C=O) groups excluding carboxylic acids is 1. The molecule has 1 aromatic heterocycles. The van der Waals surface area contributed by atoms with Gasteiger partial charge in [0.2, 0.25) is 11.8 Å². The van der Waals surface area contributed by atoms with Gasteiger partial charge in [-0.2, -0.15) is 5.26 Å². The van der Waals surface area contributed by atoms with E-state index in [0.717, 1.165) is 12.8 Å². The first kappa shape index (κ1) is 17.5. The number of hydrogen-bond donors (Lipinski definition) is 3. The minimum Gasteiger partial charge on any atom is -0.425 e. The van der Waals surface area contributed by atoms with Gasteiger partial charge in [-0.15, -0.1) is 0 Å². The van der Waals surface area contributed by atoms with Crippen LogP contribution in [0.2, 0.25) is 0 Å². The Morgan fingerprint density at radius 3 is 2.89 bits per heavy atom. The summed E-state index contributed by atoms with van der Waals surface area (Å²) >= 11 is 0. The molecule has 1 spiro atoms. The smallest absolute Gasteiger partial charge is 0.269 e. The van der Waals surface area contributed by atoms with E-state index in [1.165, 1.54) is 18.2 Å². The Hall–Kier alpha value is -3.87. The number of fused-ring (bicyclic) bond motifs is 4. The molecule has 2 aliphatic rings. The maximum Gasteiger partial charge on any atom is 0.269 e. The lowest BCUT2D eigenvalue weighted by atomic mass is 9.71. The first-order valence-corrected chi connectivity index (χ1v) is 8.71. The monoisotopic (exact) mass is 380 g/mol. The number of rotatable bonds is 4. The van der Waals surface area contributed by atoms with Crippen molar-refractivity contribution in [1.82, 2.24) is 4.98 Å². The van der Waals surface area contributed by atoms with Gasteiger partial charge >= 0.3 is 0 Å². The lowest BCUT2D eigenvalue weighted by molar-refractivity contribution is -0.384. The molecule has 2 aromatic rings. The zero-order valence-electron chi connectivity index (χ0n) is 14.9. The molecule has 0 radical (unpaired) electrons. The third-order valence-electron chi connectivity index (χ3n) is 4.98. The average molecular weight is 380 g/mol. The van der Waals surface area contributed by atoms with Gasteiger partial charge < -0.3 is 20.8 Å². The number of aryl methyl sites for hydroxylation is 1. The number of benzene rings is 1. The highest BCUT2D eigenvalue weighted by Gasteiger charge is 2.58. The lowest BCUT2D eigenvalue weighted by Crippen LogP contribution is -2.43. The van der Waals surface area contributed by atoms with Gasteiger partial charge in [-0.25, -0.2) is 4.98 Å². The van der Waals surface area contributed by atoms with Gasteiger partial charge in [-0.1, -0.05) is 13.3 Å². The van der Waals surface area contributed by atoms with Gasteiger partial charge in [0.25, 0.3) is 5.69 Å². The molecular weight excluding hydrogens is 364 g/mol. The summed E-state index contributed by atoms with van der Waals surface area (Å²) in [4.78, 5) is 28.4. The quantitative estimate of drug-likeness (QED) is 0.538. The molecule has 4 rings (SSSR count). The zero-order valence-corrected chi connectivity index (χ0v) is 14.9. The van der Waals surface area contributed by atoms with Crippen molar-refractivity contribution in [1.29, 1.82) is 5.26 Å². The van der Waals surface area contributed by atoms with Crippen molar-refractivity contribution in [2.45, 2.75) is 31.6 Å². The number of carbonyl (C=O) groups is 1. The highest BCUT2D eigenvalue weighted by Crippen LogP contribution is 2.52. The van der Waals surface area contributed by atoms with Gasteiger partial charge in [-0.05, 0) is 12.5 Å². The van der Waals surface area contributed by atoms with Crippen LogP contribution in [-0.4, -0.2) is 15.8 Å². The number of nitrogens with one attached hydrogen (secondary N) is 2. The molecule has 10 heteroatoms. The van der Waals surface area contributed by atoms with Crippen LogP contribution in [0.1, 0.15) is 36.9 Å². The molecule has 1 aromatic carbocycles. The fraction of sp³-hybridized carbons (Fsp3) is 0.278. The molecule has 1 amide bonds. The van der Waals surface area contributed by atoms with E-state index >= 15 is 0 Å². The maximum atomic E-state index is 13.2. The standard InChI is InChI=1S/C18H16N6O4/c1-2-3-4-13-22-14-16(28-13)23-15(20)11(8-19)18(14)10-7-9(24(26)27)5-6-12(10)21-17(18)25/h5-7,23H,2-4,20H2,1H3,(H,21,25). The van der Waals surface area contributed by atoms with Gasteiger partial charge in [-0.3, -0.25) is 14.9 Å². The van der Waals surface area contributed by atoms with E-state index in [0.29, 0.717) is 18.0 Å². The Balaban J connectivity index is 2.02. The number of nitriles is 1. The lowest BCUT2D eigenvalue weighted by Gasteiger charge is -2.30. The van der Waals surface area contributed by atoms with Crippen LogP contribution in [0, 0.1) is 21.4 Å². The summed E-state index contributed by atoms with van der Waals surface area (Å²) in [5.41, 5.74) is 4.84. The maximum absolute atomic E-state index is 13.2. The van der Waals surface area contributed by atoms with Crippen LogP contribution in [0.4, 0.5) is 17.3 Å². The second kappa shape index (κ2) is 6.09. The summed E-state index contributed by atoms with van der Waals surface area (Å²) in [5.74, 6) is -0.0437. The van der Waals surface area contributed by atoms with Gasteiger partial charge in [0.15, 0.2) is 11.3 Å². The summed E-state index contributed by atoms with van der Waals surface area (Å²) in [6.07, 6.45) is 2.30. The number of amides is 1. The SMILES string of the molecule is CCCCc1nc2c(o1)NC(N)=C(C#N)C21C(=O)Nc2ccc([N+](=O)[O-])cc21. The average Bonchev–Trinajstić information content (AvgIpc) is 3.19. The molecular formula is C18H16N6O4. The van der Waals surface area contributed by atoms with Crippen LogP contribution in [0.15, 0.2) is 34.0 Å². The van der Waals surface area contributed by atoms with Gasteiger partial charge in [0, 0.05) is 29.8 Å². The Labute approximate surface area is 159 Å². The van der Waals surface area contributed by atoms with Crippen molar-refractivity contribution in [3.05, 3.63) is 56.9 Å². The van der Waals surface area contributed by atoms with E-state index in [-0.39, 0.29) is 34.2 Å². The summed E-state index contributed by atoms with van der Waals surface area (Å²) in [6, 6.07) is 5.97. The van der Waals surface area contributed by atoms with Crippen molar-refractivity contribution in [3.8, 4) is 6.07 Å². The Morgan fingerprint density at radius 1 is 1.43 bits per heavy atom. The van der Waals surface area contributed by atoms with Crippen LogP contribution < -0.4 is 16.4 Å². The number of non-ortho nitro benzene ring substituents is 1. The van der Waals surface area contributed by atoms with Crippen LogP contribution in [0.3, 0.4) is 0 Å². The van der Waals surface area contributed by atoms with E-state index in [2.05, 4.69) is 15.6 Å². The molecule has 0 saturated carbocycles. The molecule has 4 N–H and O–H groups in total. The molecule has 0 bridgehead atoms. The number of aromatic nitrogens is 1. The number of nitro groups is 1.